The number of rotatable bonds is 5. The summed E-state index contributed by atoms with van der Waals surface area (Å²) in [6.45, 7) is 11.4. The van der Waals surface area contributed by atoms with Gasteiger partial charge in [0, 0.05) is 48.4 Å². The van der Waals surface area contributed by atoms with Crippen molar-refractivity contribution in [1.82, 2.24) is 19.4 Å². The van der Waals surface area contributed by atoms with Crippen molar-refractivity contribution in [1.29, 1.82) is 0 Å². The van der Waals surface area contributed by atoms with Crippen LogP contribution in [0.2, 0.25) is 0 Å². The SMILES string of the molecule is C=CC(=O)N1CCN(c2nc(=O)n(-c3c(C)ccnc3P(C)(C)=O)c3cc(-c4ccccc4F)c(F)cc23)[C@@H](C)C1. The molecule has 2 aromatic carbocycles. The van der Waals surface area contributed by atoms with E-state index in [1.54, 1.807) is 37.3 Å². The molecule has 0 aliphatic carbocycles. The Morgan fingerprint density at radius 1 is 1.10 bits per heavy atom. The third-order valence-electron chi connectivity index (χ3n) is 7.35. The molecular formula is C30H30F2N5O3P. The third-order valence-corrected chi connectivity index (χ3v) is 8.70. The standard InChI is InChI=1S/C30H30F2N5O3P/c1-6-26(38)35-13-14-36(19(3)17-35)28-22-15-24(32)21(20-9-7-8-10-23(20)31)16-25(22)37(30(39)34-28)27-18(2)11-12-33-29(27)41(4,5)40/h6-12,15-16,19H,1,13-14,17H2,2-5H3/t19-/m0/s1. The fourth-order valence-electron chi connectivity index (χ4n) is 5.36. The first kappa shape index (κ1) is 28.4. The fourth-order valence-corrected chi connectivity index (χ4v) is 6.49. The summed E-state index contributed by atoms with van der Waals surface area (Å²) in [5.41, 5.74) is 0.748. The normalized spacial score (nSPS) is 15.8. The number of aryl methyl sites for hydroxylation is 1. The van der Waals surface area contributed by atoms with E-state index in [4.69, 9.17) is 0 Å². The summed E-state index contributed by atoms with van der Waals surface area (Å²) in [4.78, 5) is 38.4. The molecule has 11 heteroatoms. The summed E-state index contributed by atoms with van der Waals surface area (Å²) in [6, 6.07) is 9.95. The number of anilines is 1. The lowest BCUT2D eigenvalue weighted by Gasteiger charge is -2.40. The summed E-state index contributed by atoms with van der Waals surface area (Å²) in [5, 5.41) is 0.314. The predicted molar refractivity (Wildman–Crippen MR) is 158 cm³/mol. The van der Waals surface area contributed by atoms with Gasteiger partial charge in [0.25, 0.3) is 0 Å². The monoisotopic (exact) mass is 577 g/mol. The lowest BCUT2D eigenvalue weighted by Crippen LogP contribution is -2.54. The number of halogens is 2. The van der Waals surface area contributed by atoms with Crippen LogP contribution in [0.1, 0.15) is 12.5 Å². The van der Waals surface area contributed by atoms with Crippen molar-refractivity contribution in [3.63, 3.8) is 0 Å². The van der Waals surface area contributed by atoms with Gasteiger partial charge in [-0.15, -0.1) is 0 Å². The molecule has 212 valence electrons. The van der Waals surface area contributed by atoms with Crippen molar-refractivity contribution >= 4 is 35.2 Å². The quantitative estimate of drug-likeness (QED) is 0.256. The molecule has 1 amide bonds. The number of aromatic nitrogens is 3. The van der Waals surface area contributed by atoms with Crippen LogP contribution >= 0.6 is 7.14 Å². The number of pyridine rings is 1. The van der Waals surface area contributed by atoms with Crippen molar-refractivity contribution in [2.75, 3.05) is 37.9 Å². The molecule has 1 aliphatic rings. The minimum absolute atomic E-state index is 0.0328. The van der Waals surface area contributed by atoms with Gasteiger partial charge in [0.2, 0.25) is 5.91 Å². The van der Waals surface area contributed by atoms with Crippen LogP contribution in [-0.4, -0.2) is 64.3 Å². The molecule has 0 saturated carbocycles. The molecule has 4 aromatic rings. The molecule has 3 heterocycles. The molecule has 1 aliphatic heterocycles. The minimum Gasteiger partial charge on any atom is -0.350 e. The zero-order chi connectivity index (χ0) is 29.6. The van der Waals surface area contributed by atoms with Crippen LogP contribution in [0, 0.1) is 18.6 Å². The molecule has 0 unspecified atom stereocenters. The number of carbonyl (C=O) groups excluding carboxylic acids is 1. The number of amides is 1. The zero-order valence-corrected chi connectivity index (χ0v) is 24.2. The lowest BCUT2D eigenvalue weighted by molar-refractivity contribution is -0.126. The van der Waals surface area contributed by atoms with E-state index >= 15 is 4.39 Å². The third kappa shape index (κ3) is 5.08. The van der Waals surface area contributed by atoms with Crippen molar-refractivity contribution in [2.45, 2.75) is 19.9 Å². The summed E-state index contributed by atoms with van der Waals surface area (Å²) >= 11 is 0. The summed E-state index contributed by atoms with van der Waals surface area (Å²) in [6.07, 6.45) is 2.78. The van der Waals surface area contributed by atoms with Crippen molar-refractivity contribution in [3.8, 4) is 16.8 Å². The largest absolute Gasteiger partial charge is 0.354 e. The van der Waals surface area contributed by atoms with E-state index in [2.05, 4.69) is 16.5 Å². The van der Waals surface area contributed by atoms with Gasteiger partial charge in [0.15, 0.2) is 0 Å². The summed E-state index contributed by atoms with van der Waals surface area (Å²) in [5.74, 6) is -1.26. The van der Waals surface area contributed by atoms with E-state index in [-0.39, 0.29) is 39.8 Å². The molecule has 1 saturated heterocycles. The van der Waals surface area contributed by atoms with Gasteiger partial charge in [-0.25, -0.2) is 13.6 Å². The Hall–Kier alpha value is -4.17. The Morgan fingerprint density at radius 3 is 2.49 bits per heavy atom. The highest BCUT2D eigenvalue weighted by Crippen LogP contribution is 2.39. The highest BCUT2D eigenvalue weighted by atomic mass is 31.2. The second-order valence-electron chi connectivity index (χ2n) is 10.6. The molecule has 5 rings (SSSR count). The molecule has 0 bridgehead atoms. The number of fused-ring (bicyclic) bond motifs is 1. The molecule has 1 atom stereocenters. The van der Waals surface area contributed by atoms with Gasteiger partial charge >= 0.3 is 5.69 Å². The van der Waals surface area contributed by atoms with E-state index in [9.17, 15) is 18.5 Å². The molecule has 1 fully saturated rings. The fraction of sp³-hybridized carbons (Fsp3) is 0.267. The molecule has 2 aromatic heterocycles. The Morgan fingerprint density at radius 2 is 1.83 bits per heavy atom. The lowest BCUT2D eigenvalue weighted by atomic mass is 10.0. The van der Waals surface area contributed by atoms with Gasteiger partial charge in [-0.05, 0) is 63.1 Å². The van der Waals surface area contributed by atoms with Gasteiger partial charge in [0.05, 0.1) is 11.2 Å². The van der Waals surface area contributed by atoms with Crippen LogP contribution in [0.25, 0.3) is 27.7 Å². The van der Waals surface area contributed by atoms with Crippen molar-refractivity contribution < 1.29 is 18.1 Å². The van der Waals surface area contributed by atoms with E-state index in [0.717, 1.165) is 0 Å². The van der Waals surface area contributed by atoms with Gasteiger partial charge in [0.1, 0.15) is 30.0 Å². The summed E-state index contributed by atoms with van der Waals surface area (Å²) < 4.78 is 45.3. The highest BCUT2D eigenvalue weighted by molar-refractivity contribution is 7.70. The van der Waals surface area contributed by atoms with Crippen LogP contribution in [0.4, 0.5) is 14.6 Å². The molecule has 0 spiro atoms. The van der Waals surface area contributed by atoms with E-state index in [1.807, 2.05) is 11.8 Å². The van der Waals surface area contributed by atoms with Crippen LogP contribution < -0.4 is 16.0 Å². The smallest absolute Gasteiger partial charge is 0.350 e. The molecule has 41 heavy (non-hydrogen) atoms. The number of carbonyl (C=O) groups is 1. The number of nitrogens with zero attached hydrogens (tertiary/aromatic N) is 5. The van der Waals surface area contributed by atoms with Crippen molar-refractivity contribution in [2.24, 2.45) is 0 Å². The van der Waals surface area contributed by atoms with Gasteiger partial charge in [-0.1, -0.05) is 24.8 Å². The number of benzene rings is 2. The molecule has 0 radical (unpaired) electrons. The number of piperazine rings is 1. The first-order chi connectivity index (χ1) is 19.4. The van der Waals surface area contributed by atoms with E-state index < -0.39 is 24.5 Å². The van der Waals surface area contributed by atoms with Gasteiger partial charge < -0.3 is 14.4 Å². The first-order valence-electron chi connectivity index (χ1n) is 13.1. The zero-order valence-electron chi connectivity index (χ0n) is 23.3. The average Bonchev–Trinajstić information content (AvgIpc) is 2.92. The van der Waals surface area contributed by atoms with Gasteiger partial charge in [-0.3, -0.25) is 14.3 Å². The highest BCUT2D eigenvalue weighted by Gasteiger charge is 2.31. The maximum absolute atomic E-state index is 15.8. The second-order valence-corrected chi connectivity index (χ2v) is 13.7. The Kier molecular flexibility index (Phi) is 7.38. The molecular weight excluding hydrogens is 547 g/mol. The molecule has 8 nitrogen and oxygen atoms in total. The van der Waals surface area contributed by atoms with Gasteiger partial charge in [-0.2, -0.15) is 4.98 Å². The maximum atomic E-state index is 15.8. The van der Waals surface area contributed by atoms with E-state index in [1.165, 1.54) is 47.2 Å². The second kappa shape index (κ2) is 10.7. The molecule has 0 N–H and O–H groups in total. The predicted octanol–water partition coefficient (Wildman–Crippen LogP) is 4.51. The van der Waals surface area contributed by atoms with Crippen LogP contribution in [0.5, 0.6) is 0 Å². The summed E-state index contributed by atoms with van der Waals surface area (Å²) in [7, 11) is -2.99. The minimum atomic E-state index is -2.99. The van der Waals surface area contributed by atoms with E-state index in [0.29, 0.717) is 36.3 Å². The van der Waals surface area contributed by atoms with Crippen LogP contribution in [0.3, 0.4) is 0 Å². The van der Waals surface area contributed by atoms with Crippen LogP contribution in [-0.2, 0) is 9.36 Å². The average molecular weight is 578 g/mol. The maximum Gasteiger partial charge on any atom is 0.354 e. The Bertz CT molecular complexity index is 1820. The Balaban J connectivity index is 1.84. The number of hydrogen-bond donors (Lipinski definition) is 0. The topological polar surface area (TPSA) is 88.4 Å². The first-order valence-corrected chi connectivity index (χ1v) is 15.7. The van der Waals surface area contributed by atoms with Crippen molar-refractivity contribution in [3.05, 3.63) is 89.0 Å². The van der Waals surface area contributed by atoms with Crippen LogP contribution in [0.15, 0.2) is 66.1 Å². The Labute approximate surface area is 236 Å². The number of hydrogen-bond acceptors (Lipinski definition) is 6.